The molecule has 0 atom stereocenters. The van der Waals surface area contributed by atoms with E-state index in [1.807, 2.05) is 40.6 Å². The number of halogens is 3. The van der Waals surface area contributed by atoms with Crippen molar-refractivity contribution in [1.29, 1.82) is 0 Å². The highest BCUT2D eigenvalue weighted by Gasteiger charge is 2.22. The molecule has 1 N–H and O–H groups in total. The fourth-order valence-corrected chi connectivity index (χ4v) is 3.64. The Hall–Kier alpha value is -2.50. The van der Waals surface area contributed by atoms with Crippen LogP contribution in [0.4, 0.5) is 14.5 Å². The molecular formula is C21H26F2IN7. The van der Waals surface area contributed by atoms with Gasteiger partial charge in [0.25, 0.3) is 0 Å². The molecule has 0 bridgehead atoms. The first-order valence-corrected chi connectivity index (χ1v) is 10.2. The number of rotatable bonds is 5. The van der Waals surface area contributed by atoms with Crippen LogP contribution in [-0.2, 0) is 6.42 Å². The van der Waals surface area contributed by atoms with Gasteiger partial charge in [0.2, 0.25) is 0 Å². The molecule has 0 amide bonds. The summed E-state index contributed by atoms with van der Waals surface area (Å²) in [4.78, 5) is 8.77. The Morgan fingerprint density at radius 1 is 1.10 bits per heavy atom. The van der Waals surface area contributed by atoms with Crippen molar-refractivity contribution in [2.24, 2.45) is 4.99 Å². The molecule has 0 spiro atoms. The van der Waals surface area contributed by atoms with E-state index in [9.17, 15) is 8.78 Å². The van der Waals surface area contributed by atoms with Crippen LogP contribution in [0, 0.1) is 11.6 Å². The van der Waals surface area contributed by atoms with Gasteiger partial charge in [-0.2, -0.15) is 0 Å². The van der Waals surface area contributed by atoms with Crippen LogP contribution in [0.25, 0.3) is 5.65 Å². The molecule has 1 aromatic carbocycles. The number of nitrogens with zero attached hydrogens (tertiary/aromatic N) is 6. The second kappa shape index (κ2) is 10.7. The normalized spacial score (nSPS) is 14.6. The van der Waals surface area contributed by atoms with E-state index in [0.717, 1.165) is 30.0 Å². The maximum atomic E-state index is 14.1. The SMILES string of the molecule is CCNC(=NCCc1nnc2ccccn12)N1CCN(c2cc(F)ccc2F)CC1.I. The third-order valence-electron chi connectivity index (χ3n) is 5.14. The molecule has 0 saturated carbocycles. The molecule has 1 fully saturated rings. The lowest BCUT2D eigenvalue weighted by molar-refractivity contribution is 0.370. The van der Waals surface area contributed by atoms with E-state index in [-0.39, 0.29) is 24.0 Å². The molecule has 31 heavy (non-hydrogen) atoms. The Morgan fingerprint density at radius 3 is 2.68 bits per heavy atom. The molecular weight excluding hydrogens is 515 g/mol. The summed E-state index contributed by atoms with van der Waals surface area (Å²) in [6, 6.07) is 9.39. The number of fused-ring (bicyclic) bond motifs is 1. The predicted octanol–water partition coefficient (Wildman–Crippen LogP) is 2.96. The standard InChI is InChI=1S/C21H25F2N7.HI/c1-2-24-21(25-9-8-20-27-26-19-5-3-4-10-30(19)20)29-13-11-28(12-14-29)18-15-16(22)6-7-17(18)23;/h3-7,10,15H,2,8-9,11-14H2,1H3,(H,24,25);1H. The Balaban J connectivity index is 0.00000272. The highest BCUT2D eigenvalue weighted by atomic mass is 127. The summed E-state index contributed by atoms with van der Waals surface area (Å²) in [6.07, 6.45) is 2.62. The lowest BCUT2D eigenvalue weighted by atomic mass is 10.2. The van der Waals surface area contributed by atoms with Gasteiger partial charge in [-0.05, 0) is 31.2 Å². The Bertz CT molecular complexity index is 1030. The van der Waals surface area contributed by atoms with Gasteiger partial charge in [-0.3, -0.25) is 9.39 Å². The van der Waals surface area contributed by atoms with Gasteiger partial charge in [0.1, 0.15) is 17.5 Å². The average Bonchev–Trinajstić information content (AvgIpc) is 3.18. The fourth-order valence-electron chi connectivity index (χ4n) is 3.64. The van der Waals surface area contributed by atoms with Crippen LogP contribution in [0.2, 0.25) is 0 Å². The Labute approximate surface area is 197 Å². The first-order chi connectivity index (χ1) is 14.7. The molecule has 0 unspecified atom stereocenters. The van der Waals surface area contributed by atoms with Crippen molar-refractivity contribution in [3.63, 3.8) is 0 Å². The summed E-state index contributed by atoms with van der Waals surface area (Å²) in [5, 5.41) is 11.7. The lowest BCUT2D eigenvalue weighted by Gasteiger charge is -2.37. The van der Waals surface area contributed by atoms with Crippen molar-refractivity contribution in [3.8, 4) is 0 Å². The van der Waals surface area contributed by atoms with Crippen LogP contribution in [0.5, 0.6) is 0 Å². The zero-order chi connectivity index (χ0) is 20.9. The maximum Gasteiger partial charge on any atom is 0.194 e. The number of anilines is 1. The molecule has 7 nitrogen and oxygen atoms in total. The monoisotopic (exact) mass is 541 g/mol. The first kappa shape index (κ1) is 23.2. The van der Waals surface area contributed by atoms with Crippen molar-refractivity contribution in [2.75, 3.05) is 44.2 Å². The molecule has 3 heterocycles. The molecule has 10 heteroatoms. The van der Waals surface area contributed by atoms with Crippen LogP contribution in [0.3, 0.4) is 0 Å². The molecule has 1 aliphatic heterocycles. The molecule has 4 rings (SSSR count). The van der Waals surface area contributed by atoms with E-state index in [1.54, 1.807) is 0 Å². The number of aromatic nitrogens is 3. The highest BCUT2D eigenvalue weighted by Crippen LogP contribution is 2.22. The minimum absolute atomic E-state index is 0. The van der Waals surface area contributed by atoms with Gasteiger partial charge in [0.05, 0.1) is 5.69 Å². The van der Waals surface area contributed by atoms with E-state index in [2.05, 4.69) is 20.4 Å². The number of piperazine rings is 1. The highest BCUT2D eigenvalue weighted by molar-refractivity contribution is 14.0. The van der Waals surface area contributed by atoms with Crippen molar-refractivity contribution in [2.45, 2.75) is 13.3 Å². The number of nitrogens with one attached hydrogen (secondary N) is 1. The van der Waals surface area contributed by atoms with E-state index in [4.69, 9.17) is 4.99 Å². The van der Waals surface area contributed by atoms with Crippen LogP contribution in [0.1, 0.15) is 12.7 Å². The van der Waals surface area contributed by atoms with Gasteiger partial charge in [-0.1, -0.05) is 6.07 Å². The molecule has 2 aromatic heterocycles. The smallest absolute Gasteiger partial charge is 0.194 e. The van der Waals surface area contributed by atoms with Gasteiger partial charge in [0.15, 0.2) is 11.6 Å². The Kier molecular flexibility index (Phi) is 7.99. The third-order valence-corrected chi connectivity index (χ3v) is 5.14. The van der Waals surface area contributed by atoms with Crippen molar-refractivity contribution in [1.82, 2.24) is 24.8 Å². The van der Waals surface area contributed by atoms with Crippen molar-refractivity contribution >= 4 is 41.3 Å². The van der Waals surface area contributed by atoms with E-state index >= 15 is 0 Å². The van der Waals surface area contributed by atoms with E-state index < -0.39 is 11.6 Å². The van der Waals surface area contributed by atoms with Crippen molar-refractivity contribution < 1.29 is 8.78 Å². The number of aliphatic imine (C=N–C) groups is 1. The van der Waals surface area contributed by atoms with Gasteiger partial charge >= 0.3 is 0 Å². The third kappa shape index (κ3) is 5.41. The maximum absolute atomic E-state index is 14.1. The summed E-state index contributed by atoms with van der Waals surface area (Å²) < 4.78 is 29.6. The number of pyridine rings is 1. The number of guanidine groups is 1. The lowest BCUT2D eigenvalue weighted by Crippen LogP contribution is -2.52. The zero-order valence-electron chi connectivity index (χ0n) is 17.3. The summed E-state index contributed by atoms with van der Waals surface area (Å²) in [6.45, 7) is 5.91. The quantitative estimate of drug-likeness (QED) is 0.306. The molecule has 3 aromatic rings. The second-order valence-electron chi connectivity index (χ2n) is 7.10. The van der Waals surface area contributed by atoms with Crippen LogP contribution in [0.15, 0.2) is 47.6 Å². The second-order valence-corrected chi connectivity index (χ2v) is 7.10. The average molecular weight is 541 g/mol. The molecule has 1 saturated heterocycles. The molecule has 0 aliphatic carbocycles. The zero-order valence-corrected chi connectivity index (χ0v) is 19.7. The topological polar surface area (TPSA) is 61.1 Å². The van der Waals surface area contributed by atoms with Crippen LogP contribution < -0.4 is 10.2 Å². The summed E-state index contributed by atoms with van der Waals surface area (Å²) in [5.74, 6) is 0.873. The Morgan fingerprint density at radius 2 is 1.90 bits per heavy atom. The molecule has 0 radical (unpaired) electrons. The largest absolute Gasteiger partial charge is 0.366 e. The van der Waals surface area contributed by atoms with Crippen LogP contribution in [-0.4, -0.2) is 64.7 Å². The fraction of sp³-hybridized carbons (Fsp3) is 0.381. The number of benzene rings is 1. The first-order valence-electron chi connectivity index (χ1n) is 10.2. The minimum Gasteiger partial charge on any atom is -0.366 e. The summed E-state index contributed by atoms with van der Waals surface area (Å²) in [5.41, 5.74) is 1.14. The summed E-state index contributed by atoms with van der Waals surface area (Å²) in [7, 11) is 0. The predicted molar refractivity (Wildman–Crippen MR) is 128 cm³/mol. The number of hydrogen-bond acceptors (Lipinski definition) is 4. The van der Waals surface area contributed by atoms with E-state index in [1.165, 1.54) is 12.1 Å². The van der Waals surface area contributed by atoms with E-state index in [0.29, 0.717) is 44.8 Å². The molecule has 1 aliphatic rings. The van der Waals surface area contributed by atoms with Gasteiger partial charge < -0.3 is 15.1 Å². The van der Waals surface area contributed by atoms with Crippen LogP contribution >= 0.6 is 24.0 Å². The number of hydrogen-bond donors (Lipinski definition) is 1. The van der Waals surface area contributed by atoms with Gasteiger partial charge in [-0.15, -0.1) is 34.2 Å². The molecule has 166 valence electrons. The summed E-state index contributed by atoms with van der Waals surface area (Å²) >= 11 is 0. The van der Waals surface area contributed by atoms with Gasteiger partial charge in [-0.25, -0.2) is 8.78 Å². The van der Waals surface area contributed by atoms with Crippen molar-refractivity contribution in [3.05, 3.63) is 60.1 Å². The minimum atomic E-state index is -0.426. The van der Waals surface area contributed by atoms with Gasteiger partial charge in [0, 0.05) is 58.0 Å².